The number of amides is 3. The van der Waals surface area contributed by atoms with Crippen molar-refractivity contribution in [1.29, 1.82) is 0 Å². The molecule has 0 aromatic heterocycles. The summed E-state index contributed by atoms with van der Waals surface area (Å²) in [6.07, 6.45) is 2.94. The van der Waals surface area contributed by atoms with E-state index in [1.807, 2.05) is 0 Å². The van der Waals surface area contributed by atoms with Crippen molar-refractivity contribution < 1.29 is 71.2 Å². The monoisotopic (exact) mass is 768 g/mol. The number of hydrogen-bond donors (Lipinski definition) is 1. The molecule has 17 heteroatoms. The van der Waals surface area contributed by atoms with Crippen LogP contribution in [0, 0.1) is 5.92 Å². The Morgan fingerprint density at radius 3 is 1.19 bits per heavy atom. The van der Waals surface area contributed by atoms with Crippen LogP contribution in [-0.4, -0.2) is 195 Å². The van der Waals surface area contributed by atoms with E-state index in [9.17, 15) is 14.4 Å². The number of methoxy groups -OCH3 is 1. The fourth-order valence-corrected chi connectivity index (χ4v) is 4.61. The van der Waals surface area contributed by atoms with Gasteiger partial charge in [0.25, 0.3) is 0 Å². The summed E-state index contributed by atoms with van der Waals surface area (Å²) in [6, 6.07) is 0. The van der Waals surface area contributed by atoms with Gasteiger partial charge in [0.05, 0.1) is 152 Å². The van der Waals surface area contributed by atoms with Crippen molar-refractivity contribution in [2.45, 2.75) is 39.0 Å². The summed E-state index contributed by atoms with van der Waals surface area (Å²) in [6.45, 7) is 14.1. The largest absolute Gasteiger partial charge is 0.382 e. The smallest absolute Gasteiger partial charge is 0.232 e. The summed E-state index contributed by atoms with van der Waals surface area (Å²) in [5.41, 5.74) is 0. The normalized spacial score (nSPS) is 14.5. The van der Waals surface area contributed by atoms with Crippen LogP contribution in [0.1, 0.15) is 39.0 Å². The zero-order valence-electron chi connectivity index (χ0n) is 32.4. The summed E-state index contributed by atoms with van der Waals surface area (Å²) in [7, 11) is 1.64. The SMILES string of the molecule is COCCOCCOCCOCCOCCOCCOCCOCCOCCOCCOCCOCCNC(=O)CCCCCN1C(=O)CC(C)C1=O. The maximum Gasteiger partial charge on any atom is 0.232 e. The first-order valence-corrected chi connectivity index (χ1v) is 19.0. The fourth-order valence-electron chi connectivity index (χ4n) is 4.61. The summed E-state index contributed by atoms with van der Waals surface area (Å²) in [4.78, 5) is 37.0. The molecule has 1 atom stereocenters. The molecule has 0 radical (unpaired) electrons. The first kappa shape index (κ1) is 49.1. The van der Waals surface area contributed by atoms with Crippen LogP contribution in [-0.2, 0) is 71.2 Å². The van der Waals surface area contributed by atoms with Crippen molar-refractivity contribution in [3.8, 4) is 0 Å². The first-order valence-electron chi connectivity index (χ1n) is 19.0. The molecule has 0 saturated carbocycles. The molecule has 1 heterocycles. The zero-order chi connectivity index (χ0) is 38.3. The van der Waals surface area contributed by atoms with Crippen LogP contribution in [0.4, 0.5) is 0 Å². The molecule has 0 aromatic rings. The minimum atomic E-state index is -0.210. The third kappa shape index (κ3) is 32.1. The molecule has 0 aliphatic carbocycles. The molecule has 0 bridgehead atoms. The Hall–Kier alpha value is -1.87. The van der Waals surface area contributed by atoms with Crippen LogP contribution in [0.5, 0.6) is 0 Å². The number of imide groups is 1. The van der Waals surface area contributed by atoms with Gasteiger partial charge in [-0.3, -0.25) is 19.3 Å². The zero-order valence-corrected chi connectivity index (χ0v) is 32.4. The highest BCUT2D eigenvalue weighted by atomic mass is 16.6. The standard InChI is InChI=1S/C36H68N2O15/c1-33-32-35(40)38(36(33)41)8-5-3-4-6-34(39)37-7-9-43-12-13-45-16-17-47-20-21-49-24-25-51-28-29-53-31-30-52-27-26-50-23-22-48-19-18-46-15-14-44-11-10-42-2/h33H,3-32H2,1-2H3,(H,37,39). The van der Waals surface area contributed by atoms with Crippen LogP contribution in [0.25, 0.3) is 0 Å². The minimum absolute atomic E-state index is 0.0315. The molecule has 1 aliphatic rings. The van der Waals surface area contributed by atoms with E-state index in [0.29, 0.717) is 191 Å². The number of nitrogens with one attached hydrogen (secondary N) is 1. The Bertz CT molecular complexity index is 858. The summed E-state index contributed by atoms with van der Waals surface area (Å²) < 4.78 is 64.8. The number of likely N-dealkylation sites (tertiary alicyclic amines) is 1. The summed E-state index contributed by atoms with van der Waals surface area (Å²) in [5.74, 6) is -0.420. The quantitative estimate of drug-likeness (QED) is 0.0684. The van der Waals surface area contributed by atoms with Gasteiger partial charge in [-0.1, -0.05) is 13.3 Å². The van der Waals surface area contributed by atoms with Crippen molar-refractivity contribution in [2.24, 2.45) is 5.92 Å². The van der Waals surface area contributed by atoms with Gasteiger partial charge in [0, 0.05) is 39.0 Å². The van der Waals surface area contributed by atoms with Crippen molar-refractivity contribution in [2.75, 3.05) is 172 Å². The molecule has 1 saturated heterocycles. The van der Waals surface area contributed by atoms with E-state index in [1.54, 1.807) is 14.0 Å². The highest BCUT2D eigenvalue weighted by molar-refractivity contribution is 6.03. The number of hydrogen-bond acceptors (Lipinski definition) is 15. The van der Waals surface area contributed by atoms with Crippen molar-refractivity contribution >= 4 is 17.7 Å². The van der Waals surface area contributed by atoms with E-state index < -0.39 is 0 Å². The third-order valence-corrected chi connectivity index (χ3v) is 7.48. The topological polar surface area (TPSA) is 177 Å². The molecule has 0 aromatic carbocycles. The van der Waals surface area contributed by atoms with Gasteiger partial charge in [-0.2, -0.15) is 0 Å². The number of ether oxygens (including phenoxy) is 12. The van der Waals surface area contributed by atoms with Gasteiger partial charge in [0.2, 0.25) is 17.7 Å². The van der Waals surface area contributed by atoms with E-state index in [0.717, 1.165) is 6.42 Å². The maximum atomic E-state index is 11.9. The Morgan fingerprint density at radius 1 is 0.528 bits per heavy atom. The van der Waals surface area contributed by atoms with E-state index in [1.165, 1.54) is 4.90 Å². The number of carbonyl (C=O) groups excluding carboxylic acids is 3. The van der Waals surface area contributed by atoms with Crippen LogP contribution in [0.2, 0.25) is 0 Å². The maximum absolute atomic E-state index is 11.9. The molecule has 0 spiro atoms. The highest BCUT2D eigenvalue weighted by Crippen LogP contribution is 2.19. The molecule has 1 fully saturated rings. The number of rotatable bonds is 42. The minimum Gasteiger partial charge on any atom is -0.382 e. The molecular weight excluding hydrogens is 700 g/mol. The van der Waals surface area contributed by atoms with Crippen molar-refractivity contribution in [3.05, 3.63) is 0 Å². The lowest BCUT2D eigenvalue weighted by Crippen LogP contribution is -2.31. The molecular formula is C36H68N2O15. The summed E-state index contributed by atoms with van der Waals surface area (Å²) in [5, 5.41) is 2.83. The average Bonchev–Trinajstić information content (AvgIpc) is 3.40. The first-order chi connectivity index (χ1) is 26.1. The lowest BCUT2D eigenvalue weighted by Gasteiger charge is -2.13. The second kappa shape index (κ2) is 38.4. The Balaban J connectivity index is 1.65. The van der Waals surface area contributed by atoms with Crippen molar-refractivity contribution in [3.63, 3.8) is 0 Å². The lowest BCUT2D eigenvalue weighted by atomic mass is 10.1. The van der Waals surface area contributed by atoms with Gasteiger partial charge in [0.1, 0.15) is 0 Å². The second-order valence-corrected chi connectivity index (χ2v) is 11.9. The summed E-state index contributed by atoms with van der Waals surface area (Å²) >= 11 is 0. The predicted octanol–water partition coefficient (Wildman–Crippen LogP) is 0.887. The number of unbranched alkanes of at least 4 members (excludes halogenated alkanes) is 2. The van der Waals surface area contributed by atoms with Crippen LogP contribution in [0.3, 0.4) is 0 Å². The van der Waals surface area contributed by atoms with Gasteiger partial charge in [0.15, 0.2) is 0 Å². The fraction of sp³-hybridized carbons (Fsp3) is 0.917. The van der Waals surface area contributed by atoms with E-state index in [-0.39, 0.29) is 23.6 Å². The molecule has 53 heavy (non-hydrogen) atoms. The Kier molecular flexibility index (Phi) is 35.6. The highest BCUT2D eigenvalue weighted by Gasteiger charge is 2.34. The van der Waals surface area contributed by atoms with E-state index in [2.05, 4.69) is 5.32 Å². The Morgan fingerprint density at radius 2 is 0.868 bits per heavy atom. The molecule has 1 unspecified atom stereocenters. The van der Waals surface area contributed by atoms with Crippen molar-refractivity contribution in [1.82, 2.24) is 10.2 Å². The molecule has 312 valence electrons. The third-order valence-electron chi connectivity index (χ3n) is 7.48. The number of nitrogens with zero attached hydrogens (tertiary/aromatic N) is 1. The molecule has 3 amide bonds. The van der Waals surface area contributed by atoms with Gasteiger partial charge >= 0.3 is 0 Å². The Labute approximate surface area is 316 Å². The van der Waals surface area contributed by atoms with Gasteiger partial charge in [-0.05, 0) is 12.8 Å². The average molecular weight is 769 g/mol. The van der Waals surface area contributed by atoms with E-state index >= 15 is 0 Å². The van der Waals surface area contributed by atoms with Crippen LogP contribution < -0.4 is 5.32 Å². The van der Waals surface area contributed by atoms with Crippen LogP contribution in [0.15, 0.2) is 0 Å². The number of carbonyl (C=O) groups is 3. The molecule has 1 rings (SSSR count). The van der Waals surface area contributed by atoms with E-state index in [4.69, 9.17) is 56.8 Å². The lowest BCUT2D eigenvalue weighted by molar-refractivity contribution is -0.139. The molecule has 1 aliphatic heterocycles. The van der Waals surface area contributed by atoms with Gasteiger partial charge in [-0.15, -0.1) is 0 Å². The van der Waals surface area contributed by atoms with Gasteiger partial charge in [-0.25, -0.2) is 0 Å². The van der Waals surface area contributed by atoms with Crippen LogP contribution >= 0.6 is 0 Å². The molecule has 1 N–H and O–H groups in total. The second-order valence-electron chi connectivity index (χ2n) is 11.9. The molecule has 17 nitrogen and oxygen atoms in total. The van der Waals surface area contributed by atoms with Gasteiger partial charge < -0.3 is 62.2 Å². The predicted molar refractivity (Wildman–Crippen MR) is 193 cm³/mol.